The fraction of sp³-hybridized carbons (Fsp3) is 0.0909. The van der Waals surface area contributed by atoms with Crippen molar-refractivity contribution in [1.82, 2.24) is 39.8 Å². The molecule has 1 aromatic carbocycles. The summed E-state index contributed by atoms with van der Waals surface area (Å²) in [6.45, 7) is 0.469. The third-order valence-electron chi connectivity index (χ3n) is 4.99. The van der Waals surface area contributed by atoms with Crippen molar-refractivity contribution in [1.29, 1.82) is 0 Å². The van der Waals surface area contributed by atoms with Gasteiger partial charge in [0.15, 0.2) is 22.9 Å². The molecule has 0 saturated heterocycles. The summed E-state index contributed by atoms with van der Waals surface area (Å²) in [5, 5.41) is 22.0. The minimum atomic E-state index is -0.264. The highest BCUT2D eigenvalue weighted by Crippen LogP contribution is 2.08. The second-order valence-electron chi connectivity index (χ2n) is 7.03. The van der Waals surface area contributed by atoms with Crippen LogP contribution in [0, 0.1) is 0 Å². The number of pyridine rings is 2. The average Bonchev–Trinajstić information content (AvgIpc) is 3.45. The maximum atomic E-state index is 12.5. The Kier molecular flexibility index (Phi) is 5.00. The van der Waals surface area contributed by atoms with E-state index in [1.807, 2.05) is 57.6 Å². The summed E-state index contributed by atoms with van der Waals surface area (Å²) < 4.78 is 3.62. The topological polar surface area (TPSA) is 119 Å². The lowest BCUT2D eigenvalue weighted by molar-refractivity contribution is 0.0938. The van der Waals surface area contributed by atoms with Gasteiger partial charge < -0.3 is 10.6 Å². The number of amides is 2. The molecule has 2 N–H and O–H groups in total. The lowest BCUT2D eigenvalue weighted by Gasteiger charge is -2.07. The predicted molar refractivity (Wildman–Crippen MR) is 115 cm³/mol. The zero-order chi connectivity index (χ0) is 21.9. The van der Waals surface area contributed by atoms with Crippen molar-refractivity contribution in [3.63, 3.8) is 0 Å². The standard InChI is InChI=1S/C22H18N8O2/c31-21(23-13-19-27-25-17-5-1-3-11-29(17)19)15-7-9-16(10-8-15)22(32)24-14-20-28-26-18-6-2-4-12-30(18)20/h1-12H,13-14H2,(H,23,31)(H,24,32). The van der Waals surface area contributed by atoms with Gasteiger partial charge in [-0.3, -0.25) is 18.4 Å². The predicted octanol–water partition coefficient (Wildman–Crippen LogP) is 1.63. The summed E-state index contributed by atoms with van der Waals surface area (Å²) in [6.07, 6.45) is 3.68. The summed E-state index contributed by atoms with van der Waals surface area (Å²) in [5.74, 6) is 0.732. The van der Waals surface area contributed by atoms with Crippen molar-refractivity contribution >= 4 is 23.1 Å². The molecule has 0 unspecified atom stereocenters. The number of aromatic nitrogens is 6. The van der Waals surface area contributed by atoms with E-state index in [0.29, 0.717) is 34.1 Å². The molecule has 0 bridgehead atoms. The number of benzene rings is 1. The Morgan fingerprint density at radius 2 is 1.06 bits per heavy atom. The highest BCUT2D eigenvalue weighted by molar-refractivity contribution is 5.97. The second kappa shape index (κ2) is 8.26. The van der Waals surface area contributed by atoms with E-state index in [-0.39, 0.29) is 24.9 Å². The van der Waals surface area contributed by atoms with E-state index < -0.39 is 0 Å². The van der Waals surface area contributed by atoms with E-state index in [4.69, 9.17) is 0 Å². The number of hydrogen-bond donors (Lipinski definition) is 2. The van der Waals surface area contributed by atoms with Crippen LogP contribution in [0.2, 0.25) is 0 Å². The number of rotatable bonds is 6. The number of hydrogen-bond acceptors (Lipinski definition) is 6. The first-order valence-electron chi connectivity index (χ1n) is 9.93. The van der Waals surface area contributed by atoms with E-state index >= 15 is 0 Å². The molecule has 0 aliphatic carbocycles. The van der Waals surface area contributed by atoms with E-state index in [1.54, 1.807) is 24.3 Å². The molecular weight excluding hydrogens is 408 g/mol. The maximum Gasteiger partial charge on any atom is 0.251 e. The van der Waals surface area contributed by atoms with Gasteiger partial charge in [0, 0.05) is 23.5 Å². The molecule has 5 aromatic rings. The third kappa shape index (κ3) is 3.76. The average molecular weight is 426 g/mol. The van der Waals surface area contributed by atoms with E-state index in [0.717, 1.165) is 0 Å². The first-order valence-corrected chi connectivity index (χ1v) is 9.93. The number of carbonyl (C=O) groups excluding carboxylic acids is 2. The van der Waals surface area contributed by atoms with Gasteiger partial charge in [0.1, 0.15) is 0 Å². The summed E-state index contributed by atoms with van der Waals surface area (Å²) in [4.78, 5) is 25.0. The van der Waals surface area contributed by atoms with Crippen LogP contribution in [0.25, 0.3) is 11.3 Å². The fourth-order valence-electron chi connectivity index (χ4n) is 3.32. The van der Waals surface area contributed by atoms with Crippen molar-refractivity contribution in [3.05, 3.63) is 95.8 Å². The number of carbonyl (C=O) groups is 2. The van der Waals surface area contributed by atoms with Crippen molar-refractivity contribution in [2.24, 2.45) is 0 Å². The van der Waals surface area contributed by atoms with E-state index in [2.05, 4.69) is 31.0 Å². The molecule has 0 aliphatic rings. The van der Waals surface area contributed by atoms with Gasteiger partial charge in [-0.1, -0.05) is 12.1 Å². The van der Waals surface area contributed by atoms with Crippen molar-refractivity contribution in [2.75, 3.05) is 0 Å². The van der Waals surface area contributed by atoms with Crippen molar-refractivity contribution in [3.8, 4) is 0 Å². The van der Waals surface area contributed by atoms with E-state index in [9.17, 15) is 9.59 Å². The Hall–Kier alpha value is -4.60. The first kappa shape index (κ1) is 19.4. The molecule has 32 heavy (non-hydrogen) atoms. The lowest BCUT2D eigenvalue weighted by atomic mass is 10.1. The summed E-state index contributed by atoms with van der Waals surface area (Å²) in [5.41, 5.74) is 2.31. The number of nitrogens with one attached hydrogen (secondary N) is 2. The van der Waals surface area contributed by atoms with Gasteiger partial charge in [-0.05, 0) is 48.5 Å². The minimum Gasteiger partial charge on any atom is -0.345 e. The molecule has 2 amide bonds. The molecule has 0 atom stereocenters. The van der Waals surface area contributed by atoms with Gasteiger partial charge in [-0.25, -0.2) is 0 Å². The molecular formula is C22H18N8O2. The molecule has 0 spiro atoms. The quantitative estimate of drug-likeness (QED) is 0.426. The van der Waals surface area contributed by atoms with Crippen molar-refractivity contribution in [2.45, 2.75) is 13.1 Å². The van der Waals surface area contributed by atoms with Gasteiger partial charge in [0.2, 0.25) is 0 Å². The summed E-state index contributed by atoms with van der Waals surface area (Å²) in [6, 6.07) is 17.6. The van der Waals surface area contributed by atoms with E-state index in [1.165, 1.54) is 0 Å². The highest BCUT2D eigenvalue weighted by atomic mass is 16.2. The largest absolute Gasteiger partial charge is 0.345 e. The van der Waals surface area contributed by atoms with Crippen LogP contribution in [0.1, 0.15) is 32.4 Å². The first-order chi connectivity index (χ1) is 15.7. The number of fused-ring (bicyclic) bond motifs is 2. The van der Waals surface area contributed by atoms with Crippen LogP contribution in [0.5, 0.6) is 0 Å². The zero-order valence-electron chi connectivity index (χ0n) is 16.8. The molecule has 0 radical (unpaired) electrons. The van der Waals surface area contributed by atoms with Gasteiger partial charge >= 0.3 is 0 Å². The minimum absolute atomic E-state index is 0.235. The molecule has 0 saturated carbocycles. The zero-order valence-corrected chi connectivity index (χ0v) is 16.8. The molecule has 5 rings (SSSR count). The van der Waals surface area contributed by atoms with Gasteiger partial charge in [-0.2, -0.15) is 0 Å². The SMILES string of the molecule is O=C(NCc1nnc2ccccn12)c1ccc(C(=O)NCc2nnc3ccccn23)cc1. The Bertz CT molecular complexity index is 1310. The maximum absolute atomic E-state index is 12.5. The van der Waals surface area contributed by atoms with Crippen LogP contribution in [-0.4, -0.2) is 41.0 Å². The number of nitrogens with zero attached hydrogens (tertiary/aromatic N) is 6. The molecule has 158 valence electrons. The molecule has 10 heteroatoms. The monoisotopic (exact) mass is 426 g/mol. The van der Waals surface area contributed by atoms with Gasteiger partial charge in [0.25, 0.3) is 11.8 Å². The second-order valence-corrected chi connectivity index (χ2v) is 7.03. The fourth-order valence-corrected chi connectivity index (χ4v) is 3.32. The molecule has 0 aliphatic heterocycles. The normalized spacial score (nSPS) is 11.0. The van der Waals surface area contributed by atoms with Crippen LogP contribution in [0.3, 0.4) is 0 Å². The van der Waals surface area contributed by atoms with Gasteiger partial charge in [-0.15, -0.1) is 20.4 Å². The summed E-state index contributed by atoms with van der Waals surface area (Å²) in [7, 11) is 0. The van der Waals surface area contributed by atoms with Crippen LogP contribution in [0.15, 0.2) is 73.1 Å². The van der Waals surface area contributed by atoms with Gasteiger partial charge in [0.05, 0.1) is 13.1 Å². The lowest BCUT2D eigenvalue weighted by Crippen LogP contribution is -2.25. The molecule has 10 nitrogen and oxygen atoms in total. The van der Waals surface area contributed by atoms with Crippen LogP contribution in [-0.2, 0) is 13.1 Å². The molecule has 0 fully saturated rings. The van der Waals surface area contributed by atoms with Crippen molar-refractivity contribution < 1.29 is 9.59 Å². The molecule has 4 heterocycles. The molecule has 4 aromatic heterocycles. The highest BCUT2D eigenvalue weighted by Gasteiger charge is 2.12. The van der Waals surface area contributed by atoms with Crippen LogP contribution >= 0.6 is 0 Å². The Morgan fingerprint density at radius 1 is 0.625 bits per heavy atom. The Labute approximate surface area is 181 Å². The smallest absolute Gasteiger partial charge is 0.251 e. The Morgan fingerprint density at radius 3 is 1.50 bits per heavy atom. The van der Waals surface area contributed by atoms with Crippen LogP contribution < -0.4 is 10.6 Å². The third-order valence-corrected chi connectivity index (χ3v) is 4.99. The Balaban J connectivity index is 1.19. The summed E-state index contributed by atoms with van der Waals surface area (Å²) >= 11 is 0. The van der Waals surface area contributed by atoms with Crippen LogP contribution in [0.4, 0.5) is 0 Å².